The van der Waals surface area contributed by atoms with E-state index in [1.165, 1.54) is 25.3 Å². The molecule has 0 saturated heterocycles. The summed E-state index contributed by atoms with van der Waals surface area (Å²) >= 11 is 1.04. The molecule has 11 heteroatoms. The maximum absolute atomic E-state index is 12.2. The summed E-state index contributed by atoms with van der Waals surface area (Å²) in [6, 6.07) is 7.39. The lowest BCUT2D eigenvalue weighted by molar-refractivity contribution is -0.384. The molecule has 2 aromatic heterocycles. The molecule has 3 aromatic rings. The van der Waals surface area contributed by atoms with Gasteiger partial charge in [0.1, 0.15) is 5.75 Å². The monoisotopic (exact) mass is 387 g/mol. The van der Waals surface area contributed by atoms with Crippen LogP contribution in [0.1, 0.15) is 0 Å². The van der Waals surface area contributed by atoms with Gasteiger partial charge in [0.2, 0.25) is 11.8 Å². The number of amides is 1. The third kappa shape index (κ3) is 4.58. The molecule has 0 unspecified atom stereocenters. The number of nitrogens with zero attached hydrogens (tertiary/aromatic N) is 4. The number of nitrogens with one attached hydrogen (secondary N) is 1. The zero-order valence-electron chi connectivity index (χ0n) is 14.0. The van der Waals surface area contributed by atoms with E-state index in [1.54, 1.807) is 24.5 Å². The summed E-state index contributed by atoms with van der Waals surface area (Å²) in [7, 11) is 1.41. The number of thioether (sulfide) groups is 1. The number of aromatic nitrogens is 3. The van der Waals surface area contributed by atoms with E-state index < -0.39 is 10.8 Å². The van der Waals surface area contributed by atoms with Crippen LogP contribution in [0.3, 0.4) is 0 Å². The summed E-state index contributed by atoms with van der Waals surface area (Å²) in [6.45, 7) is 0. The maximum atomic E-state index is 12.2. The second kappa shape index (κ2) is 8.27. The van der Waals surface area contributed by atoms with Crippen LogP contribution in [0.15, 0.2) is 52.4 Å². The molecule has 1 N–H and O–H groups in total. The fraction of sp³-hybridized carbons (Fsp3) is 0.125. The number of anilines is 1. The van der Waals surface area contributed by atoms with Crippen LogP contribution in [0.5, 0.6) is 5.75 Å². The number of nitro groups is 1. The SMILES string of the molecule is COc1ccc([N+](=O)[O-])cc1NC(=O)CSc1nnc(-c2ccncc2)o1. The smallest absolute Gasteiger partial charge is 0.277 e. The Kier molecular flexibility index (Phi) is 5.61. The molecule has 138 valence electrons. The first-order valence-electron chi connectivity index (χ1n) is 7.56. The summed E-state index contributed by atoms with van der Waals surface area (Å²) in [5.74, 6) is 0.212. The minimum absolute atomic E-state index is 0.0240. The molecule has 0 radical (unpaired) electrons. The van der Waals surface area contributed by atoms with E-state index in [0.29, 0.717) is 11.6 Å². The minimum Gasteiger partial charge on any atom is -0.495 e. The lowest BCUT2D eigenvalue weighted by atomic mass is 10.2. The lowest BCUT2D eigenvalue weighted by Gasteiger charge is -2.09. The predicted octanol–water partition coefficient (Wildman–Crippen LogP) is 2.78. The molecule has 3 rings (SSSR count). The van der Waals surface area contributed by atoms with Crippen LogP contribution in [0.2, 0.25) is 0 Å². The number of ether oxygens (including phenoxy) is 1. The van der Waals surface area contributed by atoms with Crippen molar-refractivity contribution in [2.75, 3.05) is 18.2 Å². The third-order valence-corrected chi connectivity index (χ3v) is 4.15. The molecule has 2 heterocycles. The average molecular weight is 387 g/mol. The van der Waals surface area contributed by atoms with Crippen molar-refractivity contribution in [1.29, 1.82) is 0 Å². The summed E-state index contributed by atoms with van der Waals surface area (Å²) in [6.07, 6.45) is 3.21. The number of hydrogen-bond acceptors (Lipinski definition) is 9. The van der Waals surface area contributed by atoms with Gasteiger partial charge in [-0.3, -0.25) is 19.9 Å². The highest BCUT2D eigenvalue weighted by molar-refractivity contribution is 7.99. The van der Waals surface area contributed by atoms with Gasteiger partial charge < -0.3 is 14.5 Å². The highest BCUT2D eigenvalue weighted by Gasteiger charge is 2.15. The van der Waals surface area contributed by atoms with Crippen LogP contribution >= 0.6 is 11.8 Å². The Balaban J connectivity index is 1.63. The molecule has 0 spiro atoms. The van der Waals surface area contributed by atoms with Crippen molar-refractivity contribution in [3.05, 3.63) is 52.8 Å². The molecule has 0 aliphatic heterocycles. The first-order chi connectivity index (χ1) is 13.1. The molecule has 0 saturated carbocycles. The molecule has 10 nitrogen and oxygen atoms in total. The number of rotatable bonds is 7. The van der Waals surface area contributed by atoms with Crippen molar-refractivity contribution in [3.8, 4) is 17.2 Å². The molecule has 0 bridgehead atoms. The van der Waals surface area contributed by atoms with E-state index >= 15 is 0 Å². The van der Waals surface area contributed by atoms with Crippen LogP contribution in [-0.2, 0) is 4.79 Å². The second-order valence-corrected chi connectivity index (χ2v) is 6.01. The van der Waals surface area contributed by atoms with Crippen molar-refractivity contribution in [2.45, 2.75) is 5.22 Å². The average Bonchev–Trinajstić information content (AvgIpc) is 3.16. The fourth-order valence-electron chi connectivity index (χ4n) is 2.10. The number of benzene rings is 1. The van der Waals surface area contributed by atoms with E-state index in [-0.39, 0.29) is 22.4 Å². The number of non-ortho nitro benzene ring substituents is 1. The van der Waals surface area contributed by atoms with Crippen LogP contribution in [-0.4, -0.2) is 38.9 Å². The molecule has 1 amide bonds. The molecular weight excluding hydrogens is 374 g/mol. The van der Waals surface area contributed by atoms with E-state index in [1.807, 2.05) is 0 Å². The molecule has 0 atom stereocenters. The first-order valence-corrected chi connectivity index (χ1v) is 8.54. The number of carbonyl (C=O) groups excluding carboxylic acids is 1. The van der Waals surface area contributed by atoms with Gasteiger partial charge in [0.15, 0.2) is 0 Å². The highest BCUT2D eigenvalue weighted by atomic mass is 32.2. The van der Waals surface area contributed by atoms with Crippen LogP contribution < -0.4 is 10.1 Å². The quantitative estimate of drug-likeness (QED) is 0.369. The number of hydrogen-bond donors (Lipinski definition) is 1. The Morgan fingerprint density at radius 1 is 1.30 bits per heavy atom. The van der Waals surface area contributed by atoms with Crippen molar-refractivity contribution in [3.63, 3.8) is 0 Å². The van der Waals surface area contributed by atoms with Crippen molar-refractivity contribution >= 4 is 29.0 Å². The Morgan fingerprint density at radius 2 is 2.07 bits per heavy atom. The minimum atomic E-state index is -0.553. The van der Waals surface area contributed by atoms with Gasteiger partial charge in [-0.25, -0.2) is 0 Å². The molecule has 0 aliphatic carbocycles. The predicted molar refractivity (Wildman–Crippen MR) is 96.5 cm³/mol. The Bertz CT molecular complexity index is 963. The summed E-state index contributed by atoms with van der Waals surface area (Å²) in [5.41, 5.74) is 0.771. The van der Waals surface area contributed by atoms with Gasteiger partial charge in [0, 0.05) is 30.1 Å². The second-order valence-electron chi connectivity index (χ2n) is 5.09. The molecule has 0 aliphatic rings. The molecule has 1 aromatic carbocycles. The fourth-order valence-corrected chi connectivity index (χ4v) is 2.66. The number of pyridine rings is 1. The number of methoxy groups -OCH3 is 1. The van der Waals surface area contributed by atoms with Gasteiger partial charge in [0.25, 0.3) is 10.9 Å². The lowest BCUT2D eigenvalue weighted by Crippen LogP contribution is -2.14. The van der Waals surface area contributed by atoms with E-state index in [9.17, 15) is 14.9 Å². The van der Waals surface area contributed by atoms with Gasteiger partial charge in [-0.15, -0.1) is 10.2 Å². The molecule has 27 heavy (non-hydrogen) atoms. The largest absolute Gasteiger partial charge is 0.495 e. The van der Waals surface area contributed by atoms with Crippen LogP contribution in [0.25, 0.3) is 11.5 Å². The van der Waals surface area contributed by atoms with Crippen molar-refractivity contribution in [1.82, 2.24) is 15.2 Å². The molecular formula is C16H13N5O5S. The summed E-state index contributed by atoms with van der Waals surface area (Å²) in [5, 5.41) is 21.5. The zero-order valence-corrected chi connectivity index (χ0v) is 14.8. The molecule has 0 fully saturated rings. The summed E-state index contributed by atoms with van der Waals surface area (Å²) in [4.78, 5) is 26.4. The highest BCUT2D eigenvalue weighted by Crippen LogP contribution is 2.29. The first kappa shape index (κ1) is 18.3. The number of nitro benzene ring substituents is 1. The van der Waals surface area contributed by atoms with Gasteiger partial charge in [-0.2, -0.15) is 0 Å². The van der Waals surface area contributed by atoms with Crippen molar-refractivity contribution < 1.29 is 18.9 Å². The Labute approximate surface area is 157 Å². The van der Waals surface area contributed by atoms with Gasteiger partial charge in [-0.05, 0) is 18.2 Å². The topological polar surface area (TPSA) is 133 Å². The Morgan fingerprint density at radius 3 is 2.78 bits per heavy atom. The van der Waals surface area contributed by atoms with Gasteiger partial charge in [-0.1, -0.05) is 11.8 Å². The van der Waals surface area contributed by atoms with E-state index in [0.717, 1.165) is 17.3 Å². The standard InChI is InChI=1S/C16H13N5O5S/c1-25-13-3-2-11(21(23)24)8-12(13)18-14(22)9-27-16-20-19-15(26-16)10-4-6-17-7-5-10/h2-8H,9H2,1H3,(H,18,22). The van der Waals surface area contributed by atoms with Crippen LogP contribution in [0, 0.1) is 10.1 Å². The zero-order chi connectivity index (χ0) is 19.2. The normalized spacial score (nSPS) is 10.4. The summed E-state index contributed by atoms with van der Waals surface area (Å²) < 4.78 is 10.6. The van der Waals surface area contributed by atoms with Crippen molar-refractivity contribution in [2.24, 2.45) is 0 Å². The van der Waals surface area contributed by atoms with Gasteiger partial charge in [0.05, 0.1) is 23.5 Å². The van der Waals surface area contributed by atoms with E-state index in [4.69, 9.17) is 9.15 Å². The van der Waals surface area contributed by atoms with E-state index in [2.05, 4.69) is 20.5 Å². The number of carbonyl (C=O) groups is 1. The van der Waals surface area contributed by atoms with Crippen LogP contribution in [0.4, 0.5) is 11.4 Å². The maximum Gasteiger partial charge on any atom is 0.277 e. The third-order valence-electron chi connectivity index (χ3n) is 3.33. The van der Waals surface area contributed by atoms with Gasteiger partial charge >= 0.3 is 0 Å². The Hall–Kier alpha value is -3.47.